The van der Waals surface area contributed by atoms with Crippen molar-refractivity contribution in [1.82, 2.24) is 15.5 Å². The summed E-state index contributed by atoms with van der Waals surface area (Å²) in [4.78, 5) is 26.7. The van der Waals surface area contributed by atoms with E-state index in [9.17, 15) is 14.0 Å². The van der Waals surface area contributed by atoms with Gasteiger partial charge in [-0.15, -0.1) is 0 Å². The number of piperidine rings is 1. The first-order valence-corrected chi connectivity index (χ1v) is 11.7. The third kappa shape index (κ3) is 7.82. The molecule has 0 aliphatic carbocycles. The molecule has 182 valence electrons. The zero-order chi connectivity index (χ0) is 24.5. The molecule has 3 N–H and O–H groups in total. The second-order valence-electron chi connectivity index (χ2n) is 8.49. The highest BCUT2D eigenvalue weighted by molar-refractivity contribution is 5.92. The molecule has 0 saturated carbocycles. The first-order chi connectivity index (χ1) is 17.0. The second kappa shape index (κ2) is 12.0. The molecule has 1 heterocycles. The molecule has 4 rings (SSSR count). The number of hydrogen-bond donors (Lipinski definition) is 3. The molecule has 7 nitrogen and oxygen atoms in total. The highest BCUT2D eigenvalue weighted by atomic mass is 19.1. The summed E-state index contributed by atoms with van der Waals surface area (Å²) in [5.74, 6) is 0.844. The minimum absolute atomic E-state index is 0.0329. The first-order valence-electron chi connectivity index (χ1n) is 11.7. The van der Waals surface area contributed by atoms with E-state index in [0.717, 1.165) is 37.2 Å². The second-order valence-corrected chi connectivity index (χ2v) is 8.49. The number of hydrogen-bond acceptors (Lipinski definition) is 4. The van der Waals surface area contributed by atoms with E-state index >= 15 is 0 Å². The van der Waals surface area contributed by atoms with Gasteiger partial charge in [0.2, 0.25) is 5.91 Å². The fraction of sp³-hybridized carbons (Fsp3) is 0.259. The molecule has 1 saturated heterocycles. The van der Waals surface area contributed by atoms with Crippen molar-refractivity contribution >= 4 is 17.6 Å². The predicted molar refractivity (Wildman–Crippen MR) is 133 cm³/mol. The predicted octanol–water partition coefficient (Wildman–Crippen LogP) is 4.52. The summed E-state index contributed by atoms with van der Waals surface area (Å²) in [7, 11) is 0. The van der Waals surface area contributed by atoms with Crippen LogP contribution in [0.3, 0.4) is 0 Å². The van der Waals surface area contributed by atoms with Crippen molar-refractivity contribution in [3.05, 3.63) is 90.2 Å². The maximum Gasteiger partial charge on any atom is 0.315 e. The van der Waals surface area contributed by atoms with Gasteiger partial charge in [-0.2, -0.15) is 0 Å². The lowest BCUT2D eigenvalue weighted by atomic mass is 10.1. The molecule has 0 spiro atoms. The van der Waals surface area contributed by atoms with Crippen LogP contribution in [0.15, 0.2) is 78.9 Å². The van der Waals surface area contributed by atoms with Gasteiger partial charge in [-0.05, 0) is 66.9 Å². The zero-order valence-corrected chi connectivity index (χ0v) is 19.4. The number of amides is 3. The van der Waals surface area contributed by atoms with Gasteiger partial charge in [-0.25, -0.2) is 9.18 Å². The number of rotatable bonds is 8. The number of halogens is 1. The Morgan fingerprint density at radius 3 is 2.17 bits per heavy atom. The molecule has 0 aromatic heterocycles. The maximum atomic E-state index is 13.0. The number of ether oxygens (including phenoxy) is 1. The van der Waals surface area contributed by atoms with Crippen molar-refractivity contribution in [2.75, 3.05) is 25.0 Å². The van der Waals surface area contributed by atoms with E-state index in [1.807, 2.05) is 54.6 Å². The third-order valence-electron chi connectivity index (χ3n) is 5.77. The molecule has 35 heavy (non-hydrogen) atoms. The SMILES string of the molecule is O=C(CN1CCC(NC(=O)NCc2ccc(Oc3ccc(F)cc3)cc2)CC1)Nc1ccccc1. The molecule has 3 amide bonds. The first kappa shape index (κ1) is 24.2. The molecule has 3 aromatic carbocycles. The number of para-hydroxylation sites is 1. The molecule has 0 unspecified atom stereocenters. The highest BCUT2D eigenvalue weighted by Gasteiger charge is 2.22. The number of likely N-dealkylation sites (tertiary alicyclic amines) is 1. The minimum atomic E-state index is -0.311. The van der Waals surface area contributed by atoms with Crippen molar-refractivity contribution in [2.24, 2.45) is 0 Å². The Bertz CT molecular complexity index is 1100. The topological polar surface area (TPSA) is 82.7 Å². The van der Waals surface area contributed by atoms with Gasteiger partial charge in [0.25, 0.3) is 0 Å². The highest BCUT2D eigenvalue weighted by Crippen LogP contribution is 2.22. The maximum absolute atomic E-state index is 13.0. The van der Waals surface area contributed by atoms with E-state index in [-0.39, 0.29) is 23.8 Å². The number of urea groups is 1. The number of carbonyl (C=O) groups is 2. The number of anilines is 1. The molecular formula is C27H29FN4O3. The van der Waals surface area contributed by atoms with Gasteiger partial charge in [-0.3, -0.25) is 9.69 Å². The quantitative estimate of drug-likeness (QED) is 0.447. The molecule has 0 atom stereocenters. The Kier molecular flexibility index (Phi) is 8.30. The smallest absolute Gasteiger partial charge is 0.315 e. The molecule has 1 fully saturated rings. The molecule has 1 aliphatic heterocycles. The minimum Gasteiger partial charge on any atom is -0.457 e. The molecule has 0 radical (unpaired) electrons. The van der Waals surface area contributed by atoms with Gasteiger partial charge >= 0.3 is 6.03 Å². The lowest BCUT2D eigenvalue weighted by Gasteiger charge is -2.31. The van der Waals surface area contributed by atoms with Crippen molar-refractivity contribution in [3.63, 3.8) is 0 Å². The van der Waals surface area contributed by atoms with Crippen molar-refractivity contribution < 1.29 is 18.7 Å². The normalized spacial score (nSPS) is 14.2. The van der Waals surface area contributed by atoms with Crippen LogP contribution >= 0.6 is 0 Å². The largest absolute Gasteiger partial charge is 0.457 e. The fourth-order valence-corrected chi connectivity index (χ4v) is 3.89. The van der Waals surface area contributed by atoms with Crippen LogP contribution < -0.4 is 20.7 Å². The van der Waals surface area contributed by atoms with Crippen LogP contribution in [0.5, 0.6) is 11.5 Å². The zero-order valence-electron chi connectivity index (χ0n) is 19.4. The Morgan fingerprint density at radius 2 is 1.51 bits per heavy atom. The number of benzene rings is 3. The summed E-state index contributed by atoms with van der Waals surface area (Å²) in [5.41, 5.74) is 1.73. The van der Waals surface area contributed by atoms with Crippen molar-refractivity contribution in [3.8, 4) is 11.5 Å². The average Bonchev–Trinajstić information content (AvgIpc) is 2.87. The van der Waals surface area contributed by atoms with Crippen LogP contribution in [0.25, 0.3) is 0 Å². The van der Waals surface area contributed by atoms with Gasteiger partial charge in [0.05, 0.1) is 6.54 Å². The number of nitrogens with zero attached hydrogens (tertiary/aromatic N) is 1. The van der Waals surface area contributed by atoms with Crippen LogP contribution in [-0.4, -0.2) is 42.5 Å². The molecule has 3 aromatic rings. The van der Waals surface area contributed by atoms with E-state index in [2.05, 4.69) is 20.9 Å². The Hall–Kier alpha value is -3.91. The van der Waals surface area contributed by atoms with E-state index < -0.39 is 0 Å². The van der Waals surface area contributed by atoms with E-state index in [1.165, 1.54) is 12.1 Å². The molecular weight excluding hydrogens is 447 g/mol. The van der Waals surface area contributed by atoms with E-state index in [1.54, 1.807) is 12.1 Å². The van der Waals surface area contributed by atoms with E-state index in [0.29, 0.717) is 24.6 Å². The lowest BCUT2D eigenvalue weighted by molar-refractivity contribution is -0.117. The van der Waals surface area contributed by atoms with Crippen LogP contribution in [0.2, 0.25) is 0 Å². The average molecular weight is 477 g/mol. The molecule has 0 bridgehead atoms. The van der Waals surface area contributed by atoms with Crippen molar-refractivity contribution in [1.29, 1.82) is 0 Å². The monoisotopic (exact) mass is 476 g/mol. The summed E-state index contributed by atoms with van der Waals surface area (Å²) in [6.45, 7) is 2.24. The molecule has 1 aliphatic rings. The van der Waals surface area contributed by atoms with Crippen LogP contribution in [0, 0.1) is 5.82 Å². The van der Waals surface area contributed by atoms with Gasteiger partial charge < -0.3 is 20.7 Å². The standard InChI is InChI=1S/C27H29FN4O3/c28-21-8-12-25(13-9-21)35-24-10-6-20(7-11-24)18-29-27(34)31-23-14-16-32(17-15-23)19-26(33)30-22-4-2-1-3-5-22/h1-13,23H,14-19H2,(H,30,33)(H2,29,31,34). The molecule has 8 heteroatoms. The van der Waals surface area contributed by atoms with Crippen molar-refractivity contribution in [2.45, 2.75) is 25.4 Å². The van der Waals surface area contributed by atoms with Crippen LogP contribution in [0.4, 0.5) is 14.9 Å². The number of carbonyl (C=O) groups excluding carboxylic acids is 2. The van der Waals surface area contributed by atoms with Crippen LogP contribution in [0.1, 0.15) is 18.4 Å². The summed E-state index contributed by atoms with van der Waals surface area (Å²) < 4.78 is 18.7. The van der Waals surface area contributed by atoms with Crippen LogP contribution in [-0.2, 0) is 11.3 Å². The Labute approximate surface area is 204 Å². The van der Waals surface area contributed by atoms with Gasteiger partial charge in [-0.1, -0.05) is 30.3 Å². The summed E-state index contributed by atoms with van der Waals surface area (Å²) in [6.07, 6.45) is 1.59. The Morgan fingerprint density at radius 1 is 0.886 bits per heavy atom. The van der Waals surface area contributed by atoms with E-state index in [4.69, 9.17) is 4.74 Å². The summed E-state index contributed by atoms with van der Waals surface area (Å²) in [5, 5.41) is 8.80. The van der Waals surface area contributed by atoms with Gasteiger partial charge in [0, 0.05) is 31.4 Å². The summed E-state index contributed by atoms with van der Waals surface area (Å²) in [6, 6.07) is 22.5. The third-order valence-corrected chi connectivity index (χ3v) is 5.77. The number of nitrogens with one attached hydrogen (secondary N) is 3. The lowest BCUT2D eigenvalue weighted by Crippen LogP contribution is -2.48. The summed E-state index contributed by atoms with van der Waals surface area (Å²) >= 11 is 0. The van der Waals surface area contributed by atoms with Gasteiger partial charge in [0.15, 0.2) is 0 Å². The Balaban J connectivity index is 1.13. The van der Waals surface area contributed by atoms with Gasteiger partial charge in [0.1, 0.15) is 17.3 Å². The fourth-order valence-electron chi connectivity index (χ4n) is 3.89.